The zero-order chi connectivity index (χ0) is 23.8. The van der Waals surface area contributed by atoms with Gasteiger partial charge in [0.1, 0.15) is 18.3 Å². The molecular weight excluding hydrogens is 455 g/mol. The predicted octanol–water partition coefficient (Wildman–Crippen LogP) is 2.12. The Bertz CT molecular complexity index is 1130. The van der Waals surface area contributed by atoms with Gasteiger partial charge in [-0.05, 0) is 38.5 Å². The molecule has 178 valence electrons. The Kier molecular flexibility index (Phi) is 6.81. The average molecular weight is 480 g/mol. The van der Waals surface area contributed by atoms with E-state index in [1.807, 2.05) is 0 Å². The van der Waals surface area contributed by atoms with E-state index in [1.54, 1.807) is 51.1 Å². The monoisotopic (exact) mass is 480 g/mol. The van der Waals surface area contributed by atoms with E-state index in [0.29, 0.717) is 11.3 Å². The number of hydrogen-bond acceptors (Lipinski definition) is 10. The Morgan fingerprint density at radius 2 is 2.09 bits per heavy atom. The Labute approximate surface area is 189 Å². The maximum Gasteiger partial charge on any atom is 0.475 e. The van der Waals surface area contributed by atoms with E-state index in [0.717, 1.165) is 4.57 Å². The topological polar surface area (TPSA) is 135 Å². The fourth-order valence-electron chi connectivity index (χ4n) is 3.59. The van der Waals surface area contributed by atoms with Crippen LogP contribution in [0.5, 0.6) is 0 Å². The largest absolute Gasteiger partial charge is 0.475 e. The highest BCUT2D eigenvalue weighted by Gasteiger charge is 2.53. The smallest absolute Gasteiger partial charge is 0.459 e. The van der Waals surface area contributed by atoms with Crippen LogP contribution in [0.2, 0.25) is 0 Å². The highest BCUT2D eigenvalue weighted by Crippen LogP contribution is 2.57. The number of rotatable bonds is 6. The van der Waals surface area contributed by atoms with Crippen molar-refractivity contribution in [2.24, 2.45) is 0 Å². The number of fused-ring (bicyclic) bond motifs is 1. The first-order valence-electron chi connectivity index (χ1n) is 10.4. The summed E-state index contributed by atoms with van der Waals surface area (Å²) in [4.78, 5) is 28.3. The third kappa shape index (κ3) is 5.08. The van der Waals surface area contributed by atoms with Gasteiger partial charge in [-0.15, -0.1) is 0 Å². The lowest BCUT2D eigenvalue weighted by Gasteiger charge is -2.30. The summed E-state index contributed by atoms with van der Waals surface area (Å²) in [5.41, 5.74) is 0.633. The Balaban J connectivity index is 1.46. The lowest BCUT2D eigenvalue weighted by molar-refractivity contribution is -0.0731. The van der Waals surface area contributed by atoms with E-state index >= 15 is 0 Å². The first kappa shape index (κ1) is 23.7. The molecule has 1 aromatic carbocycles. The van der Waals surface area contributed by atoms with Crippen LogP contribution >= 0.6 is 7.82 Å². The first-order valence-corrected chi connectivity index (χ1v) is 11.9. The SMILES string of the molecule is Cc1ccn([C@@H]2O[C@@H]3COP(=O)(OCc4ccccc4C(=O)OC(C)C)O[C@H]3[C@@H]2O)c(=O)n1. The van der Waals surface area contributed by atoms with Crippen LogP contribution in [0, 0.1) is 6.92 Å². The Morgan fingerprint density at radius 1 is 1.33 bits per heavy atom. The van der Waals surface area contributed by atoms with Crippen molar-refractivity contribution in [3.8, 4) is 0 Å². The molecule has 0 saturated carbocycles. The molecule has 2 saturated heterocycles. The zero-order valence-corrected chi connectivity index (χ0v) is 19.2. The van der Waals surface area contributed by atoms with Gasteiger partial charge in [-0.3, -0.25) is 18.1 Å². The standard InChI is InChI=1S/C21H25N2O9P/c1-12(2)30-20(25)15-7-5-4-6-14(15)10-28-33(27)29-11-16-18(32-33)17(24)19(31-16)23-9-8-13(3)22-21(23)26/h4-9,12,16-19,24H,10-11H2,1-3H3/t16-,17+,18-,19-,33?/m1/s1. The molecule has 2 aliphatic heterocycles. The number of hydrogen-bond donors (Lipinski definition) is 1. The fourth-order valence-corrected chi connectivity index (χ4v) is 4.97. The van der Waals surface area contributed by atoms with E-state index in [1.165, 1.54) is 6.20 Å². The molecule has 0 bridgehead atoms. The average Bonchev–Trinajstić information content (AvgIpc) is 3.07. The van der Waals surface area contributed by atoms with Crippen LogP contribution in [0.1, 0.15) is 41.7 Å². The van der Waals surface area contributed by atoms with Gasteiger partial charge in [0.25, 0.3) is 0 Å². The number of benzene rings is 1. The highest BCUT2D eigenvalue weighted by molar-refractivity contribution is 7.48. The number of phosphoric ester groups is 1. The third-order valence-electron chi connectivity index (χ3n) is 5.16. The molecule has 4 rings (SSSR count). The molecular formula is C21H25N2O9P. The number of carbonyl (C=O) groups excluding carboxylic acids is 1. The highest BCUT2D eigenvalue weighted by atomic mass is 31.2. The van der Waals surface area contributed by atoms with Gasteiger partial charge in [-0.1, -0.05) is 18.2 Å². The van der Waals surface area contributed by atoms with Crippen LogP contribution in [0.4, 0.5) is 0 Å². The van der Waals surface area contributed by atoms with Gasteiger partial charge in [-0.2, -0.15) is 4.98 Å². The Morgan fingerprint density at radius 3 is 2.82 bits per heavy atom. The van der Waals surface area contributed by atoms with E-state index in [9.17, 15) is 19.3 Å². The van der Waals surface area contributed by atoms with Gasteiger partial charge in [-0.25, -0.2) is 14.2 Å². The van der Waals surface area contributed by atoms with Crippen molar-refractivity contribution < 1.29 is 37.5 Å². The van der Waals surface area contributed by atoms with Crippen molar-refractivity contribution in [3.63, 3.8) is 0 Å². The molecule has 0 aliphatic carbocycles. The van der Waals surface area contributed by atoms with Crippen LogP contribution < -0.4 is 5.69 Å². The van der Waals surface area contributed by atoms with Crippen molar-refractivity contribution in [3.05, 3.63) is 63.8 Å². The molecule has 0 amide bonds. The fraction of sp³-hybridized carbons (Fsp3) is 0.476. The normalized spacial score (nSPS) is 29.1. The van der Waals surface area contributed by atoms with Crippen LogP contribution in [-0.2, 0) is 34.2 Å². The summed E-state index contributed by atoms with van der Waals surface area (Å²) >= 11 is 0. The maximum absolute atomic E-state index is 13.1. The Hall–Kier alpha value is -2.40. The summed E-state index contributed by atoms with van der Waals surface area (Å²) in [5, 5.41) is 10.7. The van der Waals surface area contributed by atoms with Gasteiger partial charge in [0.05, 0.1) is 24.9 Å². The number of carbonyl (C=O) groups is 1. The summed E-state index contributed by atoms with van der Waals surface area (Å²) in [6, 6.07) is 8.19. The quantitative estimate of drug-likeness (QED) is 0.484. The molecule has 2 aliphatic rings. The second kappa shape index (κ2) is 9.46. The lowest BCUT2D eigenvalue weighted by atomic mass is 10.1. The number of esters is 1. The summed E-state index contributed by atoms with van der Waals surface area (Å²) in [7, 11) is -4.10. The van der Waals surface area contributed by atoms with Crippen LogP contribution in [0.25, 0.3) is 0 Å². The van der Waals surface area contributed by atoms with Crippen molar-refractivity contribution in [2.75, 3.05) is 6.61 Å². The lowest BCUT2D eigenvalue weighted by Crippen LogP contribution is -2.40. The summed E-state index contributed by atoms with van der Waals surface area (Å²) in [6.07, 6.45) is -3.06. The van der Waals surface area contributed by atoms with Crippen LogP contribution in [0.15, 0.2) is 41.3 Å². The summed E-state index contributed by atoms with van der Waals surface area (Å²) < 4.78 is 41.4. The molecule has 5 atom stereocenters. The zero-order valence-electron chi connectivity index (χ0n) is 18.3. The van der Waals surface area contributed by atoms with Crippen molar-refractivity contribution in [1.82, 2.24) is 9.55 Å². The minimum Gasteiger partial charge on any atom is -0.459 e. The minimum atomic E-state index is -4.10. The number of aryl methyl sites for hydroxylation is 1. The molecule has 12 heteroatoms. The van der Waals surface area contributed by atoms with Crippen LogP contribution in [-0.4, -0.2) is 51.6 Å². The molecule has 1 unspecified atom stereocenters. The van der Waals surface area contributed by atoms with Gasteiger partial charge < -0.3 is 14.6 Å². The molecule has 2 fully saturated rings. The second-order valence-electron chi connectivity index (χ2n) is 8.01. The van der Waals surface area contributed by atoms with Gasteiger partial charge in [0.2, 0.25) is 0 Å². The predicted molar refractivity (Wildman–Crippen MR) is 113 cm³/mol. The van der Waals surface area contributed by atoms with E-state index in [-0.39, 0.29) is 24.9 Å². The van der Waals surface area contributed by atoms with E-state index < -0.39 is 44.0 Å². The van der Waals surface area contributed by atoms with Gasteiger partial charge in [0.15, 0.2) is 6.23 Å². The number of aliphatic hydroxyl groups excluding tert-OH is 1. The van der Waals surface area contributed by atoms with Gasteiger partial charge >= 0.3 is 19.5 Å². The maximum atomic E-state index is 13.1. The molecule has 1 N–H and O–H groups in total. The number of ether oxygens (including phenoxy) is 2. The molecule has 0 radical (unpaired) electrons. The van der Waals surface area contributed by atoms with Crippen LogP contribution in [0.3, 0.4) is 0 Å². The molecule has 0 spiro atoms. The summed E-state index contributed by atoms with van der Waals surface area (Å²) in [6.45, 7) is 4.71. The van der Waals surface area contributed by atoms with E-state index in [2.05, 4.69) is 4.98 Å². The molecule has 11 nitrogen and oxygen atoms in total. The second-order valence-corrected chi connectivity index (χ2v) is 9.63. The molecule has 1 aromatic heterocycles. The number of phosphoric acid groups is 1. The third-order valence-corrected chi connectivity index (χ3v) is 6.57. The van der Waals surface area contributed by atoms with Crippen molar-refractivity contribution in [1.29, 1.82) is 0 Å². The molecule has 33 heavy (non-hydrogen) atoms. The first-order chi connectivity index (χ1) is 15.7. The number of aliphatic hydroxyl groups is 1. The van der Waals surface area contributed by atoms with E-state index in [4.69, 9.17) is 23.0 Å². The number of aromatic nitrogens is 2. The molecule has 2 aromatic rings. The number of nitrogens with zero attached hydrogens (tertiary/aromatic N) is 2. The molecule has 3 heterocycles. The van der Waals surface area contributed by atoms with Crippen molar-refractivity contribution in [2.45, 2.75) is 58.0 Å². The minimum absolute atomic E-state index is 0.180. The van der Waals surface area contributed by atoms with Gasteiger partial charge in [0, 0.05) is 11.9 Å². The van der Waals surface area contributed by atoms with Crippen molar-refractivity contribution >= 4 is 13.8 Å². The summed E-state index contributed by atoms with van der Waals surface area (Å²) in [5.74, 6) is -0.535.